The molecular weight excluding hydrogens is 276 g/mol. The Labute approximate surface area is 126 Å². The summed E-state index contributed by atoms with van der Waals surface area (Å²) in [4.78, 5) is 16.8. The molecular formula is C17H12N4O. The van der Waals surface area contributed by atoms with E-state index in [1.165, 1.54) is 0 Å². The first kappa shape index (κ1) is 12.5. The van der Waals surface area contributed by atoms with Crippen LogP contribution in [0.5, 0.6) is 0 Å². The maximum Gasteiger partial charge on any atom is 0.256 e. The van der Waals surface area contributed by atoms with E-state index in [1.807, 2.05) is 42.5 Å². The number of carbonyl (C=O) groups excluding carboxylic acids is 1. The van der Waals surface area contributed by atoms with Gasteiger partial charge < -0.3 is 5.32 Å². The Kier molecular flexibility index (Phi) is 2.83. The fourth-order valence-corrected chi connectivity index (χ4v) is 2.51. The van der Waals surface area contributed by atoms with Crippen molar-refractivity contribution in [1.82, 2.24) is 15.2 Å². The van der Waals surface area contributed by atoms with Gasteiger partial charge in [0.2, 0.25) is 0 Å². The maximum atomic E-state index is 12.5. The number of pyridine rings is 1. The van der Waals surface area contributed by atoms with E-state index in [-0.39, 0.29) is 5.91 Å². The highest BCUT2D eigenvalue weighted by molar-refractivity contribution is 6.12. The van der Waals surface area contributed by atoms with Crippen LogP contribution in [0.25, 0.3) is 21.8 Å². The molecule has 0 aliphatic heterocycles. The number of carbonyl (C=O) groups is 1. The van der Waals surface area contributed by atoms with Crippen LogP contribution in [0.3, 0.4) is 0 Å². The van der Waals surface area contributed by atoms with Gasteiger partial charge >= 0.3 is 0 Å². The van der Waals surface area contributed by atoms with Crippen molar-refractivity contribution in [3.63, 3.8) is 0 Å². The Morgan fingerprint density at radius 1 is 1.09 bits per heavy atom. The van der Waals surface area contributed by atoms with Gasteiger partial charge in [0.15, 0.2) is 0 Å². The second-order valence-corrected chi connectivity index (χ2v) is 5.00. The number of nitrogens with one attached hydrogen (secondary N) is 2. The van der Waals surface area contributed by atoms with Crippen LogP contribution in [0.15, 0.2) is 60.9 Å². The quantitative estimate of drug-likeness (QED) is 0.594. The van der Waals surface area contributed by atoms with Crippen molar-refractivity contribution in [2.24, 2.45) is 0 Å². The average Bonchev–Trinajstić information content (AvgIpc) is 3.02. The third kappa shape index (κ3) is 2.09. The molecule has 2 aromatic heterocycles. The Morgan fingerprint density at radius 3 is 2.95 bits per heavy atom. The summed E-state index contributed by atoms with van der Waals surface area (Å²) in [5, 5.41) is 11.6. The monoisotopic (exact) mass is 288 g/mol. The molecule has 22 heavy (non-hydrogen) atoms. The second kappa shape index (κ2) is 4.96. The number of fused-ring (bicyclic) bond motifs is 2. The summed E-state index contributed by atoms with van der Waals surface area (Å²) in [7, 11) is 0. The topological polar surface area (TPSA) is 70.7 Å². The van der Waals surface area contributed by atoms with Gasteiger partial charge in [0.05, 0.1) is 22.8 Å². The number of nitrogens with zero attached hydrogens (tertiary/aromatic N) is 2. The summed E-state index contributed by atoms with van der Waals surface area (Å²) in [6.45, 7) is 0. The zero-order valence-corrected chi connectivity index (χ0v) is 11.6. The fraction of sp³-hybridized carbons (Fsp3) is 0. The molecule has 0 radical (unpaired) electrons. The lowest BCUT2D eigenvalue weighted by Gasteiger charge is -2.07. The van der Waals surface area contributed by atoms with Gasteiger partial charge in [0, 0.05) is 22.7 Å². The van der Waals surface area contributed by atoms with Crippen LogP contribution in [0.2, 0.25) is 0 Å². The van der Waals surface area contributed by atoms with E-state index in [0.29, 0.717) is 5.56 Å². The molecule has 1 amide bonds. The molecule has 0 atom stereocenters. The predicted octanol–water partition coefficient (Wildman–Crippen LogP) is 3.36. The molecule has 2 N–H and O–H groups in total. The molecule has 106 valence electrons. The molecule has 0 spiro atoms. The lowest BCUT2D eigenvalue weighted by Crippen LogP contribution is -2.12. The summed E-state index contributed by atoms with van der Waals surface area (Å²) in [5.74, 6) is -0.155. The zero-order valence-electron chi connectivity index (χ0n) is 11.6. The minimum atomic E-state index is -0.155. The van der Waals surface area contributed by atoms with Crippen LogP contribution in [0, 0.1) is 0 Å². The van der Waals surface area contributed by atoms with Crippen molar-refractivity contribution in [2.45, 2.75) is 0 Å². The van der Waals surface area contributed by atoms with Crippen molar-refractivity contribution in [3.8, 4) is 0 Å². The number of rotatable bonds is 2. The van der Waals surface area contributed by atoms with E-state index in [4.69, 9.17) is 0 Å². The molecule has 0 saturated heterocycles. The zero-order chi connectivity index (χ0) is 14.9. The van der Waals surface area contributed by atoms with Crippen molar-refractivity contribution in [2.75, 3.05) is 5.32 Å². The SMILES string of the molecule is O=C(Nc1ccc2cn[nH]c2c1)c1ccnc2ccccc12. The summed E-state index contributed by atoms with van der Waals surface area (Å²) in [6.07, 6.45) is 3.40. The van der Waals surface area contributed by atoms with E-state index in [1.54, 1.807) is 18.5 Å². The second-order valence-electron chi connectivity index (χ2n) is 5.00. The number of hydrogen-bond donors (Lipinski definition) is 2. The van der Waals surface area contributed by atoms with Crippen LogP contribution in [-0.4, -0.2) is 21.1 Å². The van der Waals surface area contributed by atoms with Gasteiger partial charge in [-0.3, -0.25) is 14.9 Å². The fourth-order valence-electron chi connectivity index (χ4n) is 2.51. The molecule has 0 saturated carbocycles. The number of H-pyrrole nitrogens is 1. The van der Waals surface area contributed by atoms with Gasteiger partial charge in [-0.05, 0) is 30.3 Å². The predicted molar refractivity (Wildman–Crippen MR) is 85.8 cm³/mol. The smallest absolute Gasteiger partial charge is 0.256 e. The first-order valence-electron chi connectivity index (χ1n) is 6.89. The van der Waals surface area contributed by atoms with Crippen molar-refractivity contribution in [1.29, 1.82) is 0 Å². The first-order valence-corrected chi connectivity index (χ1v) is 6.89. The van der Waals surface area contributed by atoms with Gasteiger partial charge in [-0.1, -0.05) is 18.2 Å². The molecule has 0 fully saturated rings. The molecule has 2 aromatic carbocycles. The van der Waals surface area contributed by atoms with Crippen LogP contribution < -0.4 is 5.32 Å². The van der Waals surface area contributed by atoms with E-state index >= 15 is 0 Å². The average molecular weight is 288 g/mol. The highest BCUT2D eigenvalue weighted by Gasteiger charge is 2.11. The molecule has 5 nitrogen and oxygen atoms in total. The number of amides is 1. The van der Waals surface area contributed by atoms with Gasteiger partial charge in [0.1, 0.15) is 0 Å². The number of para-hydroxylation sites is 1. The Hall–Kier alpha value is -3.21. The minimum absolute atomic E-state index is 0.155. The minimum Gasteiger partial charge on any atom is -0.322 e. The van der Waals surface area contributed by atoms with E-state index < -0.39 is 0 Å². The normalized spacial score (nSPS) is 10.9. The maximum absolute atomic E-state index is 12.5. The molecule has 0 unspecified atom stereocenters. The molecule has 2 heterocycles. The van der Waals surface area contributed by atoms with Gasteiger partial charge in [-0.25, -0.2) is 0 Å². The summed E-state index contributed by atoms with van der Waals surface area (Å²) in [5.41, 5.74) is 3.02. The standard InChI is InChI=1S/C17H12N4O/c22-17(14-7-8-18-15-4-2-1-3-13(14)15)20-12-6-5-11-10-19-21-16(11)9-12/h1-10H,(H,19,21)(H,20,22). The van der Waals surface area contributed by atoms with E-state index in [9.17, 15) is 4.79 Å². The Bertz CT molecular complexity index is 985. The Balaban J connectivity index is 1.71. The highest BCUT2D eigenvalue weighted by Crippen LogP contribution is 2.20. The van der Waals surface area contributed by atoms with Crippen molar-refractivity contribution >= 4 is 33.4 Å². The van der Waals surface area contributed by atoms with Crippen LogP contribution >= 0.6 is 0 Å². The van der Waals surface area contributed by atoms with E-state index in [2.05, 4.69) is 20.5 Å². The largest absolute Gasteiger partial charge is 0.322 e. The number of aromatic nitrogens is 3. The number of anilines is 1. The molecule has 4 rings (SSSR count). The number of benzene rings is 2. The summed E-state index contributed by atoms with van der Waals surface area (Å²) < 4.78 is 0. The van der Waals surface area contributed by atoms with Crippen LogP contribution in [0.1, 0.15) is 10.4 Å². The lowest BCUT2D eigenvalue weighted by atomic mass is 10.1. The van der Waals surface area contributed by atoms with Gasteiger partial charge in [0.25, 0.3) is 5.91 Å². The van der Waals surface area contributed by atoms with Crippen LogP contribution in [-0.2, 0) is 0 Å². The van der Waals surface area contributed by atoms with Crippen LogP contribution in [0.4, 0.5) is 5.69 Å². The summed E-state index contributed by atoms with van der Waals surface area (Å²) >= 11 is 0. The Morgan fingerprint density at radius 2 is 2.00 bits per heavy atom. The highest BCUT2D eigenvalue weighted by atomic mass is 16.1. The molecule has 4 aromatic rings. The number of hydrogen-bond acceptors (Lipinski definition) is 3. The molecule has 5 heteroatoms. The molecule has 0 aliphatic rings. The van der Waals surface area contributed by atoms with Gasteiger partial charge in [-0.15, -0.1) is 0 Å². The number of aromatic amines is 1. The van der Waals surface area contributed by atoms with Gasteiger partial charge in [-0.2, -0.15) is 5.10 Å². The third-order valence-corrected chi connectivity index (χ3v) is 3.59. The third-order valence-electron chi connectivity index (χ3n) is 3.59. The molecule has 0 aliphatic carbocycles. The van der Waals surface area contributed by atoms with Crippen molar-refractivity contribution in [3.05, 3.63) is 66.5 Å². The van der Waals surface area contributed by atoms with Crippen molar-refractivity contribution < 1.29 is 4.79 Å². The summed E-state index contributed by atoms with van der Waals surface area (Å²) in [6, 6.07) is 15.0. The lowest BCUT2D eigenvalue weighted by molar-refractivity contribution is 0.102. The molecule has 0 bridgehead atoms. The first-order chi connectivity index (χ1) is 10.8. The van der Waals surface area contributed by atoms with E-state index in [0.717, 1.165) is 27.5 Å².